The van der Waals surface area contributed by atoms with E-state index in [0.29, 0.717) is 10.8 Å². The summed E-state index contributed by atoms with van der Waals surface area (Å²) in [6.07, 6.45) is -0.566. The van der Waals surface area contributed by atoms with Gasteiger partial charge in [-0.3, -0.25) is 0 Å². The lowest BCUT2D eigenvalue weighted by atomic mass is 10.3. The highest BCUT2D eigenvalue weighted by atomic mass is 35.5. The van der Waals surface area contributed by atoms with Crippen LogP contribution in [0.5, 0.6) is 5.75 Å². The molecule has 1 aromatic carbocycles. The van der Waals surface area contributed by atoms with E-state index in [0.717, 1.165) is 0 Å². The molecule has 0 aliphatic carbocycles. The van der Waals surface area contributed by atoms with Gasteiger partial charge in [0, 0.05) is 5.02 Å². The molecule has 2 rings (SSSR count). The van der Waals surface area contributed by atoms with E-state index in [9.17, 15) is 4.79 Å². The van der Waals surface area contributed by atoms with Gasteiger partial charge in [-0.15, -0.1) is 10.2 Å². The third-order valence-corrected chi connectivity index (χ3v) is 2.32. The number of hydrogen-bond donors (Lipinski definition) is 1. The molecule has 18 heavy (non-hydrogen) atoms. The third-order valence-electron chi connectivity index (χ3n) is 2.08. The van der Waals surface area contributed by atoms with Gasteiger partial charge in [-0.1, -0.05) is 17.7 Å². The van der Waals surface area contributed by atoms with Gasteiger partial charge in [0.2, 0.25) is 0 Å². The smallest absolute Gasteiger partial charge is 0.393 e. The Labute approximate surface area is 107 Å². The first-order valence-electron chi connectivity index (χ1n) is 5.05. The SMILES string of the molecule is CC(Oc1cccc(Cl)c1)c1nnc(C(=O)O)o1. The van der Waals surface area contributed by atoms with E-state index in [1.54, 1.807) is 31.2 Å². The van der Waals surface area contributed by atoms with Gasteiger partial charge in [0.25, 0.3) is 5.89 Å². The second-order valence-electron chi connectivity index (χ2n) is 3.47. The van der Waals surface area contributed by atoms with Crippen LogP contribution >= 0.6 is 11.6 Å². The van der Waals surface area contributed by atoms with Crippen molar-refractivity contribution in [3.05, 3.63) is 41.1 Å². The van der Waals surface area contributed by atoms with E-state index in [-0.39, 0.29) is 5.89 Å². The number of benzene rings is 1. The Bertz CT molecular complexity index is 570. The summed E-state index contributed by atoms with van der Waals surface area (Å²) in [4.78, 5) is 10.6. The molecule has 1 atom stereocenters. The molecule has 2 aromatic rings. The van der Waals surface area contributed by atoms with Crippen molar-refractivity contribution in [1.29, 1.82) is 0 Å². The van der Waals surface area contributed by atoms with Crippen LogP contribution in [0.2, 0.25) is 5.02 Å². The minimum atomic E-state index is -1.27. The Morgan fingerprint density at radius 1 is 1.50 bits per heavy atom. The number of carbonyl (C=O) groups is 1. The Kier molecular flexibility index (Phi) is 3.47. The van der Waals surface area contributed by atoms with E-state index < -0.39 is 18.0 Å². The van der Waals surface area contributed by atoms with Crippen LogP contribution in [0.15, 0.2) is 28.7 Å². The zero-order chi connectivity index (χ0) is 13.1. The van der Waals surface area contributed by atoms with Crippen LogP contribution in [-0.4, -0.2) is 21.3 Å². The van der Waals surface area contributed by atoms with Crippen molar-refractivity contribution in [2.24, 2.45) is 0 Å². The van der Waals surface area contributed by atoms with Gasteiger partial charge in [0.15, 0.2) is 6.10 Å². The standard InChI is InChI=1S/C11H9ClN2O4/c1-6(9-13-14-10(18-9)11(15)16)17-8-4-2-3-7(12)5-8/h2-6H,1H3,(H,15,16). The molecule has 94 valence electrons. The maximum Gasteiger partial charge on any atom is 0.393 e. The summed E-state index contributed by atoms with van der Waals surface area (Å²) in [7, 11) is 0. The van der Waals surface area contributed by atoms with Gasteiger partial charge in [-0.05, 0) is 25.1 Å². The molecule has 0 fully saturated rings. The van der Waals surface area contributed by atoms with E-state index in [4.69, 9.17) is 25.9 Å². The van der Waals surface area contributed by atoms with E-state index in [1.807, 2.05) is 0 Å². The average molecular weight is 269 g/mol. The molecule has 6 nitrogen and oxygen atoms in total. The third kappa shape index (κ3) is 2.78. The van der Waals surface area contributed by atoms with E-state index >= 15 is 0 Å². The maximum atomic E-state index is 10.6. The molecule has 1 unspecified atom stereocenters. The number of halogens is 1. The van der Waals surface area contributed by atoms with Crippen LogP contribution in [0, 0.1) is 0 Å². The van der Waals surface area contributed by atoms with Crippen LogP contribution in [0.1, 0.15) is 29.6 Å². The summed E-state index contributed by atoms with van der Waals surface area (Å²) >= 11 is 5.81. The van der Waals surface area contributed by atoms with Crippen molar-refractivity contribution in [2.45, 2.75) is 13.0 Å². The summed E-state index contributed by atoms with van der Waals surface area (Å²) in [6, 6.07) is 6.80. The molecule has 0 aliphatic rings. The molecule has 0 aliphatic heterocycles. The number of carboxylic acid groups (broad SMARTS) is 1. The number of hydrogen-bond acceptors (Lipinski definition) is 5. The summed E-state index contributed by atoms with van der Waals surface area (Å²) < 4.78 is 10.4. The first kappa shape index (κ1) is 12.4. The number of ether oxygens (including phenoxy) is 1. The number of nitrogens with zero attached hydrogens (tertiary/aromatic N) is 2. The molecule has 1 heterocycles. The predicted molar refractivity (Wildman–Crippen MR) is 61.8 cm³/mol. The van der Waals surface area contributed by atoms with Crippen molar-refractivity contribution in [3.8, 4) is 5.75 Å². The van der Waals surface area contributed by atoms with Crippen LogP contribution in [0.4, 0.5) is 0 Å². The Balaban J connectivity index is 2.11. The number of aromatic nitrogens is 2. The summed E-state index contributed by atoms with van der Waals surface area (Å²) in [6.45, 7) is 1.67. The molecule has 0 amide bonds. The molecule has 1 N–H and O–H groups in total. The topological polar surface area (TPSA) is 85.5 Å². The first-order valence-corrected chi connectivity index (χ1v) is 5.43. The Morgan fingerprint density at radius 3 is 2.89 bits per heavy atom. The van der Waals surface area contributed by atoms with Crippen LogP contribution in [0.25, 0.3) is 0 Å². The summed E-state index contributed by atoms with van der Waals surface area (Å²) in [5.41, 5.74) is 0. The molecule has 7 heteroatoms. The second-order valence-corrected chi connectivity index (χ2v) is 3.90. The fraction of sp³-hybridized carbons (Fsp3) is 0.182. The largest absolute Gasteiger partial charge is 0.481 e. The van der Waals surface area contributed by atoms with Crippen LogP contribution < -0.4 is 4.74 Å². The monoisotopic (exact) mass is 268 g/mol. The normalized spacial score (nSPS) is 12.1. The zero-order valence-electron chi connectivity index (χ0n) is 9.33. The quantitative estimate of drug-likeness (QED) is 0.917. The maximum absolute atomic E-state index is 10.6. The van der Waals surface area contributed by atoms with Crippen molar-refractivity contribution in [2.75, 3.05) is 0 Å². The van der Waals surface area contributed by atoms with Gasteiger partial charge in [-0.2, -0.15) is 0 Å². The van der Waals surface area contributed by atoms with Crippen molar-refractivity contribution >= 4 is 17.6 Å². The second kappa shape index (κ2) is 5.05. The van der Waals surface area contributed by atoms with Gasteiger partial charge in [-0.25, -0.2) is 4.79 Å². The lowest BCUT2D eigenvalue weighted by Gasteiger charge is -2.10. The van der Waals surface area contributed by atoms with E-state index in [2.05, 4.69) is 10.2 Å². The summed E-state index contributed by atoms with van der Waals surface area (Å²) in [5.74, 6) is -1.12. The molecule has 0 radical (unpaired) electrons. The first-order chi connectivity index (χ1) is 8.56. The minimum absolute atomic E-state index is 0.0902. The number of carboxylic acids is 1. The van der Waals surface area contributed by atoms with Crippen LogP contribution in [-0.2, 0) is 0 Å². The molecule has 0 saturated carbocycles. The highest BCUT2D eigenvalue weighted by molar-refractivity contribution is 6.30. The minimum Gasteiger partial charge on any atom is -0.481 e. The van der Waals surface area contributed by atoms with Crippen molar-refractivity contribution in [1.82, 2.24) is 10.2 Å². The van der Waals surface area contributed by atoms with Crippen LogP contribution in [0.3, 0.4) is 0 Å². The van der Waals surface area contributed by atoms with Crippen molar-refractivity contribution in [3.63, 3.8) is 0 Å². The van der Waals surface area contributed by atoms with Gasteiger partial charge >= 0.3 is 11.9 Å². The fourth-order valence-corrected chi connectivity index (χ4v) is 1.46. The summed E-state index contributed by atoms with van der Waals surface area (Å²) in [5, 5.41) is 16.2. The average Bonchev–Trinajstić information content (AvgIpc) is 2.78. The fourth-order valence-electron chi connectivity index (χ4n) is 1.28. The Morgan fingerprint density at radius 2 is 2.28 bits per heavy atom. The molecule has 0 spiro atoms. The van der Waals surface area contributed by atoms with Gasteiger partial charge in [0.1, 0.15) is 5.75 Å². The zero-order valence-corrected chi connectivity index (χ0v) is 10.1. The lowest BCUT2D eigenvalue weighted by Crippen LogP contribution is -2.03. The molecular formula is C11H9ClN2O4. The molecule has 0 saturated heterocycles. The number of aromatic carboxylic acids is 1. The van der Waals surface area contributed by atoms with Crippen molar-refractivity contribution < 1.29 is 19.1 Å². The van der Waals surface area contributed by atoms with E-state index in [1.165, 1.54) is 0 Å². The highest BCUT2D eigenvalue weighted by Crippen LogP contribution is 2.23. The van der Waals surface area contributed by atoms with Gasteiger partial charge in [0.05, 0.1) is 0 Å². The molecule has 0 bridgehead atoms. The molecular weight excluding hydrogens is 260 g/mol. The highest BCUT2D eigenvalue weighted by Gasteiger charge is 2.19. The predicted octanol–water partition coefficient (Wildman–Crippen LogP) is 2.56. The van der Waals surface area contributed by atoms with Gasteiger partial charge < -0.3 is 14.3 Å². The Hall–Kier alpha value is -2.08. The molecule has 1 aromatic heterocycles. The number of rotatable bonds is 4. The lowest BCUT2D eigenvalue weighted by molar-refractivity contribution is 0.0646.